The lowest BCUT2D eigenvalue weighted by Crippen LogP contribution is -2.31. The van der Waals surface area contributed by atoms with Gasteiger partial charge in [0.1, 0.15) is 12.1 Å². The number of anilines is 1. The van der Waals surface area contributed by atoms with Crippen molar-refractivity contribution in [3.05, 3.63) is 89.7 Å². The number of amidine groups is 1. The molecule has 2 amide bonds. The van der Waals surface area contributed by atoms with Gasteiger partial charge in [-0.3, -0.25) is 14.5 Å². The summed E-state index contributed by atoms with van der Waals surface area (Å²) in [6.07, 6.45) is -0.283. The maximum atomic E-state index is 13.0. The topological polar surface area (TPSA) is 89.7 Å². The maximum Gasteiger partial charge on any atom is 0.573 e. The molecule has 232 valence electrons. The quantitative estimate of drug-likeness (QED) is 0.193. The van der Waals surface area contributed by atoms with E-state index in [0.29, 0.717) is 23.1 Å². The van der Waals surface area contributed by atoms with Crippen LogP contribution in [0.1, 0.15) is 48.8 Å². The molecule has 0 bridgehead atoms. The highest BCUT2D eigenvalue weighted by atomic mass is 32.2. The first-order chi connectivity index (χ1) is 21.6. The van der Waals surface area contributed by atoms with Gasteiger partial charge in [-0.15, -0.1) is 18.3 Å². The summed E-state index contributed by atoms with van der Waals surface area (Å²) in [6, 6.07) is 19.3. The van der Waals surface area contributed by atoms with Crippen LogP contribution < -0.4 is 9.64 Å². The first kappa shape index (κ1) is 30.6. The highest BCUT2D eigenvalue weighted by Gasteiger charge is 2.40. The molecular weight excluding hydrogens is 603 g/mol. The third kappa shape index (κ3) is 7.11. The largest absolute Gasteiger partial charge is 0.573 e. The van der Waals surface area contributed by atoms with Gasteiger partial charge in [-0.05, 0) is 78.6 Å². The number of ether oxygens (including phenoxy) is 1. The predicted octanol–water partition coefficient (Wildman–Crippen LogP) is 7.25. The molecule has 1 saturated heterocycles. The molecule has 1 aliphatic heterocycles. The van der Waals surface area contributed by atoms with E-state index in [0.717, 1.165) is 47.2 Å². The summed E-state index contributed by atoms with van der Waals surface area (Å²) in [5.41, 5.74) is 5.37. The maximum absolute atomic E-state index is 13.0. The van der Waals surface area contributed by atoms with E-state index in [1.807, 2.05) is 49.4 Å². The monoisotopic (exact) mass is 633 g/mol. The van der Waals surface area contributed by atoms with Crippen LogP contribution in [0, 0.1) is 12.8 Å². The molecule has 45 heavy (non-hydrogen) atoms. The molecule has 2 unspecified atom stereocenters. The fraction of sp³-hybridized carbons (Fsp3) is 0.303. The number of nitrogens with zero attached hydrogens (tertiary/aromatic N) is 5. The van der Waals surface area contributed by atoms with Crippen LogP contribution in [0.5, 0.6) is 5.75 Å². The minimum Gasteiger partial charge on any atom is -0.406 e. The van der Waals surface area contributed by atoms with Crippen LogP contribution in [0.25, 0.3) is 17.1 Å². The van der Waals surface area contributed by atoms with Crippen molar-refractivity contribution < 1.29 is 27.5 Å². The number of halogens is 3. The van der Waals surface area contributed by atoms with E-state index in [-0.39, 0.29) is 35.2 Å². The fourth-order valence-electron chi connectivity index (χ4n) is 5.50. The van der Waals surface area contributed by atoms with Crippen molar-refractivity contribution in [3.63, 3.8) is 0 Å². The zero-order valence-corrected chi connectivity index (χ0v) is 25.4. The van der Waals surface area contributed by atoms with Crippen LogP contribution in [0.2, 0.25) is 0 Å². The smallest absolute Gasteiger partial charge is 0.406 e. The fourth-order valence-corrected chi connectivity index (χ4v) is 6.38. The van der Waals surface area contributed by atoms with Crippen LogP contribution in [0.15, 0.2) is 78.0 Å². The predicted molar refractivity (Wildman–Crippen MR) is 167 cm³/mol. The SMILES string of the molecule is CCCc1ccc(C)cc1N1C(=O)CSC1=NC(=O)CC1CC1c1ccc(-c2ncn(-c3ccc(OC(F)(F)F)cc3)n2)cc1. The average molecular weight is 634 g/mol. The first-order valence-corrected chi connectivity index (χ1v) is 15.6. The number of aryl methyl sites for hydroxylation is 2. The standard InChI is InChI=1S/C33H30F3N5O3S/c1-3-4-22-6-5-20(2)15-28(22)41-30(43)18-45-32(41)38-29(42)17-24-16-27(24)21-7-9-23(10-8-21)31-37-19-40(39-31)25-11-13-26(14-12-25)44-33(34,35)36/h5-15,19,24,27H,3-4,16-18H2,1-2H3. The zero-order valence-electron chi connectivity index (χ0n) is 24.6. The molecule has 0 radical (unpaired) electrons. The summed E-state index contributed by atoms with van der Waals surface area (Å²) in [5, 5.41) is 4.91. The molecule has 8 nitrogen and oxygen atoms in total. The number of benzene rings is 3. The van der Waals surface area contributed by atoms with Crippen LogP contribution in [0.4, 0.5) is 18.9 Å². The molecule has 1 aromatic heterocycles. The molecule has 2 aliphatic rings. The Morgan fingerprint density at radius 3 is 2.56 bits per heavy atom. The van der Waals surface area contributed by atoms with Crippen molar-refractivity contribution in [1.29, 1.82) is 0 Å². The third-order valence-corrected chi connectivity index (χ3v) is 8.69. The highest BCUT2D eigenvalue weighted by molar-refractivity contribution is 8.15. The molecule has 3 aromatic carbocycles. The van der Waals surface area contributed by atoms with E-state index in [4.69, 9.17) is 0 Å². The van der Waals surface area contributed by atoms with Crippen molar-refractivity contribution >= 4 is 34.4 Å². The van der Waals surface area contributed by atoms with Crippen LogP contribution >= 0.6 is 11.8 Å². The Kier molecular flexibility index (Phi) is 8.50. The molecule has 6 rings (SSSR count). The number of carbonyl (C=O) groups excluding carboxylic acids is 2. The van der Waals surface area contributed by atoms with Gasteiger partial charge in [0, 0.05) is 12.0 Å². The van der Waals surface area contributed by atoms with Crippen molar-refractivity contribution in [2.24, 2.45) is 10.9 Å². The van der Waals surface area contributed by atoms with Crippen LogP contribution in [0.3, 0.4) is 0 Å². The zero-order chi connectivity index (χ0) is 31.7. The normalized spacial score (nSPS) is 18.9. The van der Waals surface area contributed by atoms with Gasteiger partial charge in [0.15, 0.2) is 11.0 Å². The molecule has 0 N–H and O–H groups in total. The Morgan fingerprint density at radius 2 is 1.84 bits per heavy atom. The van der Waals surface area contributed by atoms with Gasteiger partial charge in [-0.2, -0.15) is 4.99 Å². The number of amides is 2. The Balaban J connectivity index is 1.08. The van der Waals surface area contributed by atoms with Gasteiger partial charge in [-0.25, -0.2) is 9.67 Å². The summed E-state index contributed by atoms with van der Waals surface area (Å²) in [4.78, 5) is 36.2. The second-order valence-electron chi connectivity index (χ2n) is 11.2. The molecule has 0 spiro atoms. The molecular formula is C33H30F3N5O3S. The van der Waals surface area contributed by atoms with E-state index in [1.54, 1.807) is 4.90 Å². The number of aromatic nitrogens is 3. The summed E-state index contributed by atoms with van der Waals surface area (Å²) >= 11 is 1.31. The van der Waals surface area contributed by atoms with Gasteiger partial charge < -0.3 is 4.74 Å². The Hall–Kier alpha value is -4.45. The summed E-state index contributed by atoms with van der Waals surface area (Å²) in [6.45, 7) is 4.08. The lowest BCUT2D eigenvalue weighted by molar-refractivity contribution is -0.274. The molecule has 2 heterocycles. The average Bonchev–Trinajstić information content (AvgIpc) is 3.40. The van der Waals surface area contributed by atoms with Gasteiger partial charge in [-0.1, -0.05) is 61.5 Å². The molecule has 2 atom stereocenters. The second-order valence-corrected chi connectivity index (χ2v) is 12.1. The van der Waals surface area contributed by atoms with E-state index in [2.05, 4.69) is 26.7 Å². The van der Waals surface area contributed by atoms with E-state index in [1.165, 1.54) is 47.0 Å². The van der Waals surface area contributed by atoms with E-state index >= 15 is 0 Å². The third-order valence-electron chi connectivity index (χ3n) is 7.77. The van der Waals surface area contributed by atoms with Gasteiger partial charge >= 0.3 is 6.36 Å². The number of aliphatic imine (C=N–C) groups is 1. The number of alkyl halides is 3. The van der Waals surface area contributed by atoms with Gasteiger partial charge in [0.25, 0.3) is 0 Å². The molecule has 12 heteroatoms. The highest BCUT2D eigenvalue weighted by Crippen LogP contribution is 2.50. The Labute approximate surface area is 262 Å². The lowest BCUT2D eigenvalue weighted by atomic mass is 10.0. The number of thioether (sulfide) groups is 1. The van der Waals surface area contributed by atoms with Crippen LogP contribution in [-0.2, 0) is 16.0 Å². The molecule has 4 aromatic rings. The van der Waals surface area contributed by atoms with Gasteiger partial charge in [0.2, 0.25) is 11.8 Å². The number of rotatable bonds is 9. The number of hydrogen-bond acceptors (Lipinski definition) is 6. The van der Waals surface area contributed by atoms with Crippen molar-refractivity contribution in [2.75, 3.05) is 10.7 Å². The van der Waals surface area contributed by atoms with E-state index in [9.17, 15) is 22.8 Å². The minimum atomic E-state index is -4.75. The second kappa shape index (κ2) is 12.5. The Morgan fingerprint density at radius 1 is 1.09 bits per heavy atom. The van der Waals surface area contributed by atoms with Gasteiger partial charge in [0.05, 0.1) is 17.1 Å². The summed E-state index contributed by atoms with van der Waals surface area (Å²) in [5.74, 6) is 0.560. The van der Waals surface area contributed by atoms with Crippen molar-refractivity contribution in [2.45, 2.75) is 51.8 Å². The van der Waals surface area contributed by atoms with Crippen molar-refractivity contribution in [3.8, 4) is 22.8 Å². The molecule has 1 aliphatic carbocycles. The summed E-state index contributed by atoms with van der Waals surface area (Å²) in [7, 11) is 0. The Bertz CT molecular complexity index is 1750. The minimum absolute atomic E-state index is 0.0633. The van der Waals surface area contributed by atoms with Crippen LogP contribution in [-0.4, -0.2) is 43.9 Å². The lowest BCUT2D eigenvalue weighted by Gasteiger charge is -2.20. The molecule has 1 saturated carbocycles. The first-order valence-electron chi connectivity index (χ1n) is 14.6. The van der Waals surface area contributed by atoms with E-state index < -0.39 is 6.36 Å². The van der Waals surface area contributed by atoms with Crippen molar-refractivity contribution in [1.82, 2.24) is 14.8 Å². The molecule has 2 fully saturated rings. The number of hydrogen-bond donors (Lipinski definition) is 0. The summed E-state index contributed by atoms with van der Waals surface area (Å²) < 4.78 is 42.7. The number of carbonyl (C=O) groups is 2.